The zero-order chi connectivity index (χ0) is 17.3. The highest BCUT2D eigenvalue weighted by Crippen LogP contribution is 2.55. The molecule has 0 aliphatic carbocycles. The van der Waals surface area contributed by atoms with Gasteiger partial charge >= 0.3 is 7.82 Å². The Hall–Kier alpha value is -0.0100. The molecule has 2 N–H and O–H groups in total. The van der Waals surface area contributed by atoms with E-state index in [1.165, 1.54) is 0 Å². The highest BCUT2D eigenvalue weighted by molar-refractivity contribution is 7.48. The van der Waals surface area contributed by atoms with Crippen LogP contribution in [-0.4, -0.2) is 50.8 Å². The van der Waals surface area contributed by atoms with Crippen LogP contribution < -0.4 is 5.73 Å². The molecule has 0 heterocycles. The summed E-state index contributed by atoms with van der Waals surface area (Å²) in [5.41, 5.74) is 4.01. The van der Waals surface area contributed by atoms with Crippen molar-refractivity contribution in [1.82, 2.24) is 0 Å². The van der Waals surface area contributed by atoms with Gasteiger partial charge in [0.1, 0.15) is 0 Å². The van der Waals surface area contributed by atoms with Gasteiger partial charge in [-0.1, -0.05) is 0 Å². The summed E-state index contributed by atoms with van der Waals surface area (Å²) in [6.45, 7) is 13.0. The Kier molecular flexibility index (Phi) is 9.98. The van der Waals surface area contributed by atoms with Gasteiger partial charge in [0.2, 0.25) is 0 Å². The molecule has 22 heavy (non-hydrogen) atoms. The molecule has 0 spiro atoms. The predicted octanol–water partition coefficient (Wildman–Crippen LogP) is 2.73. The molecule has 0 unspecified atom stereocenters. The van der Waals surface area contributed by atoms with E-state index >= 15 is 0 Å². The molecular formula is C14H32NO6P. The fourth-order valence-electron chi connectivity index (χ4n) is 1.36. The van der Waals surface area contributed by atoms with E-state index in [0.29, 0.717) is 26.4 Å². The maximum Gasteiger partial charge on any atom is 0.475 e. The van der Waals surface area contributed by atoms with Crippen LogP contribution in [0.3, 0.4) is 0 Å². The summed E-state index contributed by atoms with van der Waals surface area (Å²) in [7, 11) is -3.66. The second-order valence-corrected chi connectivity index (χ2v) is 8.22. The largest absolute Gasteiger partial charge is 0.475 e. The van der Waals surface area contributed by atoms with E-state index in [4.69, 9.17) is 28.8 Å². The first kappa shape index (κ1) is 22.0. The molecule has 0 fully saturated rings. The molecule has 0 radical (unpaired) electrons. The van der Waals surface area contributed by atoms with Crippen molar-refractivity contribution in [2.75, 3.05) is 39.6 Å². The molecule has 0 aromatic rings. The summed E-state index contributed by atoms with van der Waals surface area (Å²) in [5, 5.41) is 0. The Labute approximate surface area is 134 Å². The van der Waals surface area contributed by atoms with Crippen LogP contribution in [-0.2, 0) is 27.6 Å². The van der Waals surface area contributed by atoms with Gasteiger partial charge in [0.05, 0.1) is 44.2 Å². The number of rotatable bonds is 11. The van der Waals surface area contributed by atoms with Crippen molar-refractivity contribution in [3.05, 3.63) is 0 Å². The van der Waals surface area contributed by atoms with Gasteiger partial charge in [0, 0.05) is 6.54 Å². The molecule has 8 heteroatoms. The molecule has 0 aromatic heterocycles. The van der Waals surface area contributed by atoms with Crippen molar-refractivity contribution in [2.24, 2.45) is 5.73 Å². The summed E-state index contributed by atoms with van der Waals surface area (Å²) in [5.74, 6) is 0. The number of hydrogen-bond acceptors (Lipinski definition) is 7. The first-order valence-electron chi connectivity index (χ1n) is 7.49. The van der Waals surface area contributed by atoms with Gasteiger partial charge in [0.25, 0.3) is 0 Å². The van der Waals surface area contributed by atoms with E-state index in [0.717, 1.165) is 0 Å². The maximum absolute atomic E-state index is 12.7. The maximum atomic E-state index is 12.7. The van der Waals surface area contributed by atoms with Crippen LogP contribution in [0.2, 0.25) is 0 Å². The lowest BCUT2D eigenvalue weighted by atomic mass is 10.2. The van der Waals surface area contributed by atoms with Gasteiger partial charge < -0.3 is 15.2 Å². The smallest absolute Gasteiger partial charge is 0.378 e. The highest BCUT2D eigenvalue weighted by Gasteiger charge is 2.36. The van der Waals surface area contributed by atoms with E-state index in [1.807, 2.05) is 0 Å². The fourth-order valence-corrected chi connectivity index (χ4v) is 3.14. The number of phosphoric acid groups is 1. The number of nitrogens with two attached hydrogens (primary N) is 1. The summed E-state index contributed by atoms with van der Waals surface area (Å²) < 4.78 is 39.4. The fraction of sp³-hybridized carbons (Fsp3) is 1.00. The average molecular weight is 341 g/mol. The van der Waals surface area contributed by atoms with Crippen LogP contribution in [0.4, 0.5) is 0 Å². The quantitative estimate of drug-likeness (QED) is 0.456. The zero-order valence-corrected chi connectivity index (χ0v) is 15.6. The third-order valence-corrected chi connectivity index (χ3v) is 3.92. The SMILES string of the molecule is CC(C)(C)OP(=O)(OCCOCCOCCN)OC(C)(C)C. The molecule has 0 aliphatic rings. The first-order chi connectivity index (χ1) is 9.97. The standard InChI is InChI=1S/C14H32NO6P/c1-13(2,3)20-22(16,21-14(4,5)6)19-12-11-18-10-9-17-8-7-15/h7-12,15H2,1-6H3. The van der Waals surface area contributed by atoms with Crippen molar-refractivity contribution < 1.29 is 27.6 Å². The van der Waals surface area contributed by atoms with Gasteiger partial charge in [0.15, 0.2) is 0 Å². The van der Waals surface area contributed by atoms with E-state index < -0.39 is 19.0 Å². The Morgan fingerprint density at radius 2 is 1.18 bits per heavy atom. The molecule has 0 aromatic carbocycles. The van der Waals surface area contributed by atoms with Gasteiger partial charge in [-0.2, -0.15) is 0 Å². The van der Waals surface area contributed by atoms with Gasteiger partial charge in [-0.15, -0.1) is 0 Å². The van der Waals surface area contributed by atoms with E-state index in [9.17, 15) is 4.57 Å². The lowest BCUT2D eigenvalue weighted by Crippen LogP contribution is -2.25. The Morgan fingerprint density at radius 1 is 0.773 bits per heavy atom. The van der Waals surface area contributed by atoms with Gasteiger partial charge in [-0.25, -0.2) is 4.57 Å². The number of phosphoric ester groups is 1. The molecule has 7 nitrogen and oxygen atoms in total. The van der Waals surface area contributed by atoms with Crippen LogP contribution in [0.15, 0.2) is 0 Å². The molecule has 0 atom stereocenters. The van der Waals surface area contributed by atoms with Crippen LogP contribution >= 0.6 is 7.82 Å². The van der Waals surface area contributed by atoms with Crippen LogP contribution in [0, 0.1) is 0 Å². The van der Waals surface area contributed by atoms with Crippen LogP contribution in [0.25, 0.3) is 0 Å². The molecule has 0 amide bonds. The topological polar surface area (TPSA) is 89.2 Å². The Bertz CT molecular complexity index is 317. The first-order valence-corrected chi connectivity index (χ1v) is 8.95. The van der Waals surface area contributed by atoms with Gasteiger partial charge in [-0.05, 0) is 41.5 Å². The van der Waals surface area contributed by atoms with Crippen molar-refractivity contribution >= 4 is 7.82 Å². The van der Waals surface area contributed by atoms with Gasteiger partial charge in [-0.3, -0.25) is 13.6 Å². The Balaban J connectivity index is 4.18. The predicted molar refractivity (Wildman–Crippen MR) is 85.9 cm³/mol. The minimum atomic E-state index is -3.66. The molecule has 0 rings (SSSR count). The summed E-state index contributed by atoms with van der Waals surface area (Å²) in [6.07, 6.45) is 0. The Morgan fingerprint density at radius 3 is 1.59 bits per heavy atom. The minimum absolute atomic E-state index is 0.111. The molecule has 0 saturated carbocycles. The second kappa shape index (κ2) is 9.98. The molecule has 134 valence electrons. The van der Waals surface area contributed by atoms with E-state index in [1.54, 1.807) is 41.5 Å². The van der Waals surface area contributed by atoms with Crippen molar-refractivity contribution in [3.63, 3.8) is 0 Å². The van der Waals surface area contributed by atoms with Crippen molar-refractivity contribution in [3.8, 4) is 0 Å². The van der Waals surface area contributed by atoms with Crippen LogP contribution in [0.1, 0.15) is 41.5 Å². The third-order valence-electron chi connectivity index (χ3n) is 1.88. The average Bonchev–Trinajstić information content (AvgIpc) is 2.27. The normalized spacial score (nSPS) is 13.6. The van der Waals surface area contributed by atoms with E-state index in [-0.39, 0.29) is 13.2 Å². The summed E-state index contributed by atoms with van der Waals surface area (Å²) in [4.78, 5) is 0. The summed E-state index contributed by atoms with van der Waals surface area (Å²) >= 11 is 0. The summed E-state index contributed by atoms with van der Waals surface area (Å²) in [6, 6.07) is 0. The highest BCUT2D eigenvalue weighted by atomic mass is 31.2. The van der Waals surface area contributed by atoms with Crippen molar-refractivity contribution in [1.29, 1.82) is 0 Å². The monoisotopic (exact) mass is 341 g/mol. The zero-order valence-electron chi connectivity index (χ0n) is 14.7. The number of hydrogen-bond donors (Lipinski definition) is 1. The molecule has 0 bridgehead atoms. The molecule has 0 aliphatic heterocycles. The third kappa shape index (κ3) is 13.6. The van der Waals surface area contributed by atoms with E-state index in [2.05, 4.69) is 0 Å². The number of ether oxygens (including phenoxy) is 2. The molecular weight excluding hydrogens is 309 g/mol. The minimum Gasteiger partial charge on any atom is -0.378 e. The van der Waals surface area contributed by atoms with Crippen molar-refractivity contribution in [2.45, 2.75) is 52.7 Å². The lowest BCUT2D eigenvalue weighted by Gasteiger charge is -2.30. The lowest BCUT2D eigenvalue weighted by molar-refractivity contribution is -0.0107. The molecule has 0 saturated heterocycles. The van der Waals surface area contributed by atoms with Crippen LogP contribution in [0.5, 0.6) is 0 Å². The second-order valence-electron chi connectivity index (χ2n) is 6.70.